The van der Waals surface area contributed by atoms with Crippen LogP contribution in [0.1, 0.15) is 13.3 Å². The van der Waals surface area contributed by atoms with Crippen molar-refractivity contribution in [2.45, 2.75) is 19.4 Å². The summed E-state index contributed by atoms with van der Waals surface area (Å²) in [6, 6.07) is 2.71. The first kappa shape index (κ1) is 11.4. The van der Waals surface area contributed by atoms with E-state index < -0.39 is 17.6 Å². The Hall–Kier alpha value is -2.05. The fourth-order valence-corrected chi connectivity index (χ4v) is 1.37. The summed E-state index contributed by atoms with van der Waals surface area (Å²) in [5, 5.41) is 3.81. The number of hydrogen-bond acceptors (Lipinski definition) is 6. The molecular weight excluding hydrogens is 228 g/mol. The topological polar surface area (TPSA) is 79.6 Å². The number of carbonyl (C=O) groups is 1. The van der Waals surface area contributed by atoms with Crippen LogP contribution in [0.15, 0.2) is 16.9 Å². The van der Waals surface area contributed by atoms with Gasteiger partial charge in [0.15, 0.2) is 0 Å². The fraction of sp³-hybridized carbons (Fsp3) is 0.500. The van der Waals surface area contributed by atoms with Crippen LogP contribution in [-0.4, -0.2) is 35.2 Å². The molecule has 0 aromatic carbocycles. The molecule has 92 valence electrons. The minimum atomic E-state index is -0.780. The Bertz CT molecular complexity index is 470. The van der Waals surface area contributed by atoms with Gasteiger partial charge in [-0.3, -0.25) is 4.79 Å². The molecule has 1 aliphatic heterocycles. The van der Waals surface area contributed by atoms with Crippen molar-refractivity contribution in [3.05, 3.63) is 22.5 Å². The van der Waals surface area contributed by atoms with Crippen LogP contribution in [0.4, 0.5) is 0 Å². The van der Waals surface area contributed by atoms with Gasteiger partial charge in [0.05, 0.1) is 13.2 Å². The summed E-state index contributed by atoms with van der Waals surface area (Å²) in [6.45, 7) is 2.52. The average Bonchev–Trinajstić information content (AvgIpc) is 2.70. The number of aromatic nitrogens is 2. The molecule has 0 spiro atoms. The van der Waals surface area contributed by atoms with Gasteiger partial charge in [-0.25, -0.2) is 4.79 Å². The van der Waals surface area contributed by atoms with Gasteiger partial charge < -0.3 is 14.3 Å². The van der Waals surface area contributed by atoms with Gasteiger partial charge in [0.1, 0.15) is 0 Å². The van der Waals surface area contributed by atoms with E-state index in [1.54, 1.807) is 6.92 Å². The summed E-state index contributed by atoms with van der Waals surface area (Å²) in [4.78, 5) is 28.5. The normalized spacial score (nSPS) is 18.9. The van der Waals surface area contributed by atoms with Crippen molar-refractivity contribution in [3.63, 3.8) is 0 Å². The molecule has 7 heteroatoms. The molecule has 0 bridgehead atoms. The van der Waals surface area contributed by atoms with Crippen LogP contribution in [0.25, 0.3) is 0 Å². The number of rotatable bonds is 4. The van der Waals surface area contributed by atoms with Crippen molar-refractivity contribution >= 4 is 5.97 Å². The van der Waals surface area contributed by atoms with Crippen LogP contribution in [0.5, 0.6) is 5.88 Å². The van der Waals surface area contributed by atoms with Crippen LogP contribution in [0, 0.1) is 0 Å². The third kappa shape index (κ3) is 2.55. The third-order valence-electron chi connectivity index (χ3n) is 2.15. The highest BCUT2D eigenvalue weighted by Gasteiger charge is 2.29. The quantitative estimate of drug-likeness (QED) is 0.653. The Labute approximate surface area is 96.9 Å². The Morgan fingerprint density at radius 3 is 3.00 bits per heavy atom. The first-order valence-electron chi connectivity index (χ1n) is 5.27. The Kier molecular flexibility index (Phi) is 3.27. The molecule has 1 fully saturated rings. The standard InChI is InChI=1S/C10H12N2O5/c1-2-15-8-3-4-9(13)12(11-8)17-7-5-6-16-10(7)14/h3-4,7H,2,5-6H2,1H3. The van der Waals surface area contributed by atoms with E-state index in [4.69, 9.17) is 14.3 Å². The summed E-state index contributed by atoms with van der Waals surface area (Å²) in [6.07, 6.45) is -0.372. The van der Waals surface area contributed by atoms with E-state index in [1.165, 1.54) is 12.1 Å². The summed E-state index contributed by atoms with van der Waals surface area (Å²) in [7, 11) is 0. The first-order valence-corrected chi connectivity index (χ1v) is 5.27. The molecule has 1 atom stereocenters. The zero-order valence-electron chi connectivity index (χ0n) is 9.29. The first-order chi connectivity index (χ1) is 8.20. The van der Waals surface area contributed by atoms with E-state index in [-0.39, 0.29) is 5.88 Å². The second-order valence-corrected chi connectivity index (χ2v) is 3.37. The molecule has 0 saturated carbocycles. The lowest BCUT2D eigenvalue weighted by molar-refractivity contribution is -0.148. The predicted octanol–water partition coefficient (Wildman–Crippen LogP) is -0.614. The molecular formula is C10H12N2O5. The van der Waals surface area contributed by atoms with Gasteiger partial charge in [-0.2, -0.15) is 0 Å². The van der Waals surface area contributed by atoms with Gasteiger partial charge in [-0.05, 0) is 6.92 Å². The van der Waals surface area contributed by atoms with Crippen molar-refractivity contribution in [1.29, 1.82) is 0 Å². The second kappa shape index (κ2) is 4.86. The fourth-order valence-electron chi connectivity index (χ4n) is 1.37. The lowest BCUT2D eigenvalue weighted by Crippen LogP contribution is -2.37. The van der Waals surface area contributed by atoms with Gasteiger partial charge in [0.25, 0.3) is 0 Å². The van der Waals surface area contributed by atoms with E-state index in [0.29, 0.717) is 19.6 Å². The molecule has 7 nitrogen and oxygen atoms in total. The average molecular weight is 240 g/mol. The minimum Gasteiger partial charge on any atom is -0.477 e. The zero-order valence-corrected chi connectivity index (χ0v) is 9.29. The van der Waals surface area contributed by atoms with Crippen molar-refractivity contribution in [2.24, 2.45) is 0 Å². The SMILES string of the molecule is CCOc1ccc(=O)n(OC2CCOC2=O)n1. The van der Waals surface area contributed by atoms with E-state index in [9.17, 15) is 9.59 Å². The summed E-state index contributed by atoms with van der Waals surface area (Å²) < 4.78 is 9.84. The van der Waals surface area contributed by atoms with Crippen molar-refractivity contribution in [1.82, 2.24) is 9.94 Å². The maximum Gasteiger partial charge on any atom is 0.350 e. The highest BCUT2D eigenvalue weighted by atomic mass is 16.7. The van der Waals surface area contributed by atoms with E-state index >= 15 is 0 Å². The molecule has 0 aliphatic carbocycles. The molecule has 17 heavy (non-hydrogen) atoms. The molecule has 1 unspecified atom stereocenters. The Morgan fingerprint density at radius 2 is 2.35 bits per heavy atom. The number of hydrogen-bond donors (Lipinski definition) is 0. The lowest BCUT2D eigenvalue weighted by atomic mass is 10.3. The number of cyclic esters (lactones) is 1. The molecule has 1 aromatic heterocycles. The van der Waals surface area contributed by atoms with E-state index in [0.717, 1.165) is 4.85 Å². The Morgan fingerprint density at radius 1 is 1.53 bits per heavy atom. The van der Waals surface area contributed by atoms with Crippen LogP contribution >= 0.6 is 0 Å². The second-order valence-electron chi connectivity index (χ2n) is 3.37. The van der Waals surface area contributed by atoms with Crippen LogP contribution < -0.4 is 15.1 Å². The highest BCUT2D eigenvalue weighted by Crippen LogP contribution is 2.07. The largest absolute Gasteiger partial charge is 0.477 e. The van der Waals surface area contributed by atoms with Gasteiger partial charge in [-0.15, -0.1) is 0 Å². The number of carbonyl (C=O) groups excluding carboxylic acids is 1. The highest BCUT2D eigenvalue weighted by molar-refractivity contribution is 5.76. The van der Waals surface area contributed by atoms with Gasteiger partial charge in [0, 0.05) is 18.6 Å². The summed E-state index contributed by atoms with van der Waals surface area (Å²) in [5.41, 5.74) is -0.465. The summed E-state index contributed by atoms with van der Waals surface area (Å²) in [5.74, 6) is -0.223. The molecule has 1 aromatic rings. The predicted molar refractivity (Wildman–Crippen MR) is 55.6 cm³/mol. The smallest absolute Gasteiger partial charge is 0.350 e. The molecule has 0 amide bonds. The van der Waals surface area contributed by atoms with E-state index in [1.807, 2.05) is 0 Å². The third-order valence-corrected chi connectivity index (χ3v) is 2.15. The molecule has 2 heterocycles. The zero-order chi connectivity index (χ0) is 12.3. The molecule has 2 rings (SSSR count). The van der Waals surface area contributed by atoms with Crippen molar-refractivity contribution < 1.29 is 19.1 Å². The maximum absolute atomic E-state index is 11.4. The van der Waals surface area contributed by atoms with Gasteiger partial charge >= 0.3 is 11.5 Å². The van der Waals surface area contributed by atoms with Crippen LogP contribution in [0.2, 0.25) is 0 Å². The molecule has 0 N–H and O–H groups in total. The van der Waals surface area contributed by atoms with Gasteiger partial charge in [-0.1, -0.05) is 9.94 Å². The molecule has 0 radical (unpaired) electrons. The summed E-state index contributed by atoms with van der Waals surface area (Å²) >= 11 is 0. The van der Waals surface area contributed by atoms with Crippen molar-refractivity contribution in [3.8, 4) is 5.88 Å². The van der Waals surface area contributed by atoms with Crippen LogP contribution in [0.3, 0.4) is 0 Å². The van der Waals surface area contributed by atoms with Crippen molar-refractivity contribution in [2.75, 3.05) is 13.2 Å². The monoisotopic (exact) mass is 240 g/mol. The number of ether oxygens (including phenoxy) is 2. The number of esters is 1. The lowest BCUT2D eigenvalue weighted by Gasteiger charge is -2.10. The minimum absolute atomic E-state index is 0.262. The Balaban J connectivity index is 2.16. The molecule has 1 aliphatic rings. The number of nitrogens with zero attached hydrogens (tertiary/aromatic N) is 2. The van der Waals surface area contributed by atoms with Crippen LogP contribution in [-0.2, 0) is 9.53 Å². The van der Waals surface area contributed by atoms with Gasteiger partial charge in [0.2, 0.25) is 12.0 Å². The maximum atomic E-state index is 11.4. The van der Waals surface area contributed by atoms with E-state index in [2.05, 4.69) is 5.10 Å². The molecule has 1 saturated heterocycles.